The number of hydrogen-bond donors (Lipinski definition) is 4. The zero-order chi connectivity index (χ0) is 29.2. The van der Waals surface area contributed by atoms with Crippen LogP contribution in [0.2, 0.25) is 5.02 Å². The van der Waals surface area contributed by atoms with E-state index in [2.05, 4.69) is 15.3 Å². The molecule has 12 nitrogen and oxygen atoms in total. The molecule has 4 rings (SSSR count). The number of amides is 1. The van der Waals surface area contributed by atoms with Crippen molar-refractivity contribution in [1.82, 2.24) is 14.9 Å². The van der Waals surface area contributed by atoms with Crippen LogP contribution in [-0.4, -0.2) is 80.9 Å². The maximum Gasteiger partial charge on any atom is 0.328 e. The summed E-state index contributed by atoms with van der Waals surface area (Å²) in [5, 5.41) is 28.3. The van der Waals surface area contributed by atoms with Crippen molar-refractivity contribution in [2.24, 2.45) is 0 Å². The number of methoxy groups -OCH3 is 1. The van der Waals surface area contributed by atoms with Crippen molar-refractivity contribution in [1.29, 1.82) is 0 Å². The number of anilines is 2. The van der Waals surface area contributed by atoms with E-state index in [0.717, 1.165) is 0 Å². The molecule has 0 aliphatic carbocycles. The van der Waals surface area contributed by atoms with E-state index in [0.29, 0.717) is 66.3 Å². The van der Waals surface area contributed by atoms with Crippen LogP contribution in [0.4, 0.5) is 15.9 Å². The third-order valence-electron chi connectivity index (χ3n) is 5.72. The zero-order valence-electron chi connectivity index (χ0n) is 21.2. The maximum atomic E-state index is 14.4. The number of aliphatic hydroxyl groups excluding tert-OH is 1. The highest BCUT2D eigenvalue weighted by Gasteiger charge is 2.25. The van der Waals surface area contributed by atoms with Gasteiger partial charge in [-0.05, 0) is 18.2 Å². The van der Waals surface area contributed by atoms with E-state index in [9.17, 15) is 18.8 Å². The molecule has 0 spiro atoms. The van der Waals surface area contributed by atoms with Crippen molar-refractivity contribution < 1.29 is 43.6 Å². The number of halogens is 2. The summed E-state index contributed by atoms with van der Waals surface area (Å²) < 4.78 is 26.1. The monoisotopic (exact) mass is 576 g/mol. The first-order valence-electron chi connectivity index (χ1n) is 11.9. The van der Waals surface area contributed by atoms with Gasteiger partial charge in [-0.3, -0.25) is 4.79 Å². The molecule has 1 fully saturated rings. The van der Waals surface area contributed by atoms with Crippen LogP contribution < -0.4 is 14.8 Å². The Hall–Kier alpha value is -4.49. The fraction of sp³-hybridized carbons (Fsp3) is 0.269. The van der Waals surface area contributed by atoms with Crippen molar-refractivity contribution in [2.45, 2.75) is 18.9 Å². The van der Waals surface area contributed by atoms with Gasteiger partial charge in [0.2, 0.25) is 5.91 Å². The molecule has 0 unspecified atom stereocenters. The van der Waals surface area contributed by atoms with Gasteiger partial charge in [0, 0.05) is 49.5 Å². The Morgan fingerprint density at radius 2 is 1.80 bits per heavy atom. The molecule has 3 aromatic rings. The van der Waals surface area contributed by atoms with Crippen LogP contribution in [0, 0.1) is 5.82 Å². The number of aromatic nitrogens is 2. The lowest BCUT2D eigenvalue weighted by Crippen LogP contribution is -2.42. The van der Waals surface area contributed by atoms with E-state index < -0.39 is 24.4 Å². The van der Waals surface area contributed by atoms with Gasteiger partial charge in [0.1, 0.15) is 24.9 Å². The van der Waals surface area contributed by atoms with Crippen LogP contribution in [-0.2, 0) is 14.4 Å². The van der Waals surface area contributed by atoms with Crippen molar-refractivity contribution in [3.05, 3.63) is 59.7 Å². The summed E-state index contributed by atoms with van der Waals surface area (Å²) in [7, 11) is 1.54. The quantitative estimate of drug-likeness (QED) is 0.290. The number of nitrogens with zero attached hydrogens (tertiary/aromatic N) is 3. The molecule has 0 atom stereocenters. The number of nitrogens with one attached hydrogen (secondary N) is 1. The number of hydrogen-bond acceptors (Lipinski definition) is 9. The van der Waals surface area contributed by atoms with Crippen molar-refractivity contribution >= 4 is 51.9 Å². The number of ether oxygens (including phenoxy) is 2. The van der Waals surface area contributed by atoms with E-state index in [1.54, 1.807) is 29.2 Å². The zero-order valence-corrected chi connectivity index (χ0v) is 22.0. The first kappa shape index (κ1) is 30.1. The number of likely N-dealkylation sites (tertiary alicyclic amines) is 1. The van der Waals surface area contributed by atoms with Crippen molar-refractivity contribution in [3.63, 3.8) is 0 Å². The number of fused-ring (bicyclic) bond motifs is 1. The number of piperidine rings is 1. The fourth-order valence-electron chi connectivity index (χ4n) is 3.79. The molecule has 2 aromatic carbocycles. The van der Waals surface area contributed by atoms with Gasteiger partial charge in [0.25, 0.3) is 0 Å². The fourth-order valence-corrected chi connectivity index (χ4v) is 3.96. The van der Waals surface area contributed by atoms with E-state index in [4.69, 9.17) is 36.4 Å². The Bertz CT molecular complexity index is 1400. The Labute approximate surface area is 232 Å². The number of rotatable bonds is 8. The lowest BCUT2D eigenvalue weighted by molar-refractivity contribution is -0.136. The minimum Gasteiger partial charge on any atom is -0.493 e. The van der Waals surface area contributed by atoms with Crippen molar-refractivity contribution in [3.8, 4) is 11.5 Å². The number of aliphatic carboxylic acids is 2. The molecule has 40 heavy (non-hydrogen) atoms. The summed E-state index contributed by atoms with van der Waals surface area (Å²) in [6, 6.07) is 8.16. The highest BCUT2D eigenvalue weighted by molar-refractivity contribution is 6.31. The maximum absolute atomic E-state index is 14.4. The predicted molar refractivity (Wildman–Crippen MR) is 143 cm³/mol. The normalized spacial score (nSPS) is 13.4. The summed E-state index contributed by atoms with van der Waals surface area (Å²) in [5.74, 6) is -1.98. The summed E-state index contributed by atoms with van der Waals surface area (Å²) in [6.45, 7) is 0.515. The number of carbonyl (C=O) groups is 3. The molecular weight excluding hydrogens is 551 g/mol. The molecule has 4 N–H and O–H groups in total. The van der Waals surface area contributed by atoms with Crippen molar-refractivity contribution in [2.75, 3.05) is 32.1 Å². The second-order valence-corrected chi connectivity index (χ2v) is 8.74. The number of carboxylic acids is 2. The third kappa shape index (κ3) is 8.01. The molecule has 0 bridgehead atoms. The van der Waals surface area contributed by atoms with Crippen LogP contribution >= 0.6 is 11.6 Å². The lowest BCUT2D eigenvalue weighted by Gasteiger charge is -2.32. The predicted octanol–water partition coefficient (Wildman–Crippen LogP) is 3.25. The van der Waals surface area contributed by atoms with Gasteiger partial charge < -0.3 is 35.0 Å². The van der Waals surface area contributed by atoms with Gasteiger partial charge >= 0.3 is 11.9 Å². The minimum absolute atomic E-state index is 0.00470. The number of carboxylic acid groups (broad SMARTS) is 2. The molecule has 2 heterocycles. The molecule has 0 saturated carbocycles. The summed E-state index contributed by atoms with van der Waals surface area (Å²) in [6.07, 6.45) is 3.61. The highest BCUT2D eigenvalue weighted by Crippen LogP contribution is 2.36. The second kappa shape index (κ2) is 14.1. The SMILES string of the molecule is COc1cc2ncnc(Nc3cccc(Cl)c3F)c2cc1OC1CCN(C(=O)CO)CC1.O=C(O)/C=C\C(=O)O. The minimum atomic E-state index is -1.26. The Morgan fingerprint density at radius 1 is 1.12 bits per heavy atom. The molecule has 14 heteroatoms. The van der Waals surface area contributed by atoms with Gasteiger partial charge in [0.05, 0.1) is 23.3 Å². The second-order valence-electron chi connectivity index (χ2n) is 8.33. The van der Waals surface area contributed by atoms with Crippen LogP contribution in [0.25, 0.3) is 10.9 Å². The van der Waals surface area contributed by atoms with Crippen LogP contribution in [0.5, 0.6) is 11.5 Å². The van der Waals surface area contributed by atoms with Gasteiger partial charge in [0.15, 0.2) is 17.3 Å². The van der Waals surface area contributed by atoms with E-state index in [-0.39, 0.29) is 22.7 Å². The molecule has 1 saturated heterocycles. The molecule has 1 aromatic heterocycles. The largest absolute Gasteiger partial charge is 0.493 e. The van der Waals surface area contributed by atoms with E-state index in [1.165, 1.54) is 19.5 Å². The number of benzene rings is 2. The molecule has 0 radical (unpaired) electrons. The van der Waals surface area contributed by atoms with Gasteiger partial charge in [-0.15, -0.1) is 0 Å². The molecular formula is C26H26ClFN4O8. The van der Waals surface area contributed by atoms with Crippen LogP contribution in [0.1, 0.15) is 12.8 Å². The Morgan fingerprint density at radius 3 is 2.40 bits per heavy atom. The van der Waals surface area contributed by atoms with E-state index >= 15 is 0 Å². The standard InChI is InChI=1S/C22H22ClFN4O4.C4H4O4/c1-31-18-10-17-14(9-19(18)32-13-5-7-28(8-6-13)20(30)11-29)22(26-12-25-17)27-16-4-2-3-15(23)21(16)24;5-3(6)1-2-4(7)8/h2-4,9-10,12-13,29H,5-8,11H2,1H3,(H,25,26,27);1-2H,(H,5,6)(H,7,8)/b;2-1-. The highest BCUT2D eigenvalue weighted by atomic mass is 35.5. The average molecular weight is 577 g/mol. The number of aliphatic hydroxyl groups is 1. The Balaban J connectivity index is 0.000000482. The van der Waals surface area contributed by atoms with Gasteiger partial charge in [-0.1, -0.05) is 17.7 Å². The van der Waals surface area contributed by atoms with E-state index in [1.807, 2.05) is 0 Å². The Kier molecular flexibility index (Phi) is 10.6. The molecule has 212 valence electrons. The molecule has 1 amide bonds. The average Bonchev–Trinajstić information content (AvgIpc) is 2.94. The van der Waals surface area contributed by atoms with Crippen LogP contribution in [0.15, 0.2) is 48.8 Å². The lowest BCUT2D eigenvalue weighted by atomic mass is 10.1. The summed E-state index contributed by atoms with van der Waals surface area (Å²) in [5.41, 5.74) is 0.786. The van der Waals surface area contributed by atoms with Gasteiger partial charge in [-0.25, -0.2) is 23.9 Å². The summed E-state index contributed by atoms with van der Waals surface area (Å²) in [4.78, 5) is 40.9. The third-order valence-corrected chi connectivity index (χ3v) is 6.01. The topological polar surface area (TPSA) is 171 Å². The van der Waals surface area contributed by atoms with Crippen LogP contribution in [0.3, 0.4) is 0 Å². The first-order valence-corrected chi connectivity index (χ1v) is 12.2. The van der Waals surface area contributed by atoms with Gasteiger partial charge in [-0.2, -0.15) is 0 Å². The first-order chi connectivity index (χ1) is 19.1. The molecule has 1 aliphatic rings. The summed E-state index contributed by atoms with van der Waals surface area (Å²) >= 11 is 5.89. The molecule has 1 aliphatic heterocycles. The smallest absolute Gasteiger partial charge is 0.328 e. The number of carbonyl (C=O) groups excluding carboxylic acids is 1.